The van der Waals surface area contributed by atoms with E-state index in [0.717, 1.165) is 11.3 Å². The van der Waals surface area contributed by atoms with Crippen molar-refractivity contribution in [3.05, 3.63) is 47.3 Å². The molecule has 2 aliphatic heterocycles. The highest BCUT2D eigenvalue weighted by molar-refractivity contribution is 7.91. The SMILES string of the molecule is CC(O)(c1ccc(NC(CNS(=O)(=O)c2cccs2)CN2C3COCC2C(O)C3)cc1)C(F)(F)F. The zero-order chi connectivity index (χ0) is 25.4. The highest BCUT2D eigenvalue weighted by Gasteiger charge is 2.51. The summed E-state index contributed by atoms with van der Waals surface area (Å²) in [4.78, 5) is 2.09. The molecule has 1 aromatic heterocycles. The third-order valence-corrected chi connectivity index (χ3v) is 9.35. The number of benzene rings is 1. The molecule has 2 aliphatic rings. The van der Waals surface area contributed by atoms with Gasteiger partial charge in [0, 0.05) is 24.8 Å². The molecule has 3 heterocycles. The summed E-state index contributed by atoms with van der Waals surface area (Å²) in [5, 5.41) is 25.1. The number of fused-ring (bicyclic) bond motifs is 2. The summed E-state index contributed by atoms with van der Waals surface area (Å²) in [5.74, 6) is 0. The number of alkyl halides is 3. The molecule has 2 fully saturated rings. The maximum absolute atomic E-state index is 13.2. The molecule has 35 heavy (non-hydrogen) atoms. The van der Waals surface area contributed by atoms with Gasteiger partial charge in [-0.2, -0.15) is 13.2 Å². The Bertz CT molecular complexity index is 1090. The number of aliphatic hydroxyl groups is 2. The van der Waals surface area contributed by atoms with Crippen LogP contribution < -0.4 is 10.0 Å². The van der Waals surface area contributed by atoms with E-state index >= 15 is 0 Å². The first-order valence-corrected chi connectivity index (χ1v) is 13.5. The molecular weight excluding hydrogens is 507 g/mol. The Morgan fingerprint density at radius 3 is 2.54 bits per heavy atom. The molecule has 194 valence electrons. The Morgan fingerprint density at radius 2 is 1.94 bits per heavy atom. The average Bonchev–Trinajstić information content (AvgIpc) is 3.38. The van der Waals surface area contributed by atoms with Crippen molar-refractivity contribution in [2.45, 2.75) is 53.6 Å². The lowest BCUT2D eigenvalue weighted by Crippen LogP contribution is -2.53. The Kier molecular flexibility index (Phi) is 7.49. The van der Waals surface area contributed by atoms with Gasteiger partial charge in [-0.15, -0.1) is 11.3 Å². The lowest BCUT2D eigenvalue weighted by atomic mass is 9.95. The van der Waals surface area contributed by atoms with Crippen molar-refractivity contribution in [2.75, 3.05) is 31.6 Å². The van der Waals surface area contributed by atoms with E-state index in [9.17, 15) is 31.8 Å². The van der Waals surface area contributed by atoms with Gasteiger partial charge in [0.15, 0.2) is 5.60 Å². The highest BCUT2D eigenvalue weighted by atomic mass is 32.2. The number of aliphatic hydroxyl groups excluding tert-OH is 1. The van der Waals surface area contributed by atoms with Crippen LogP contribution in [-0.2, 0) is 20.4 Å². The third kappa shape index (κ3) is 5.66. The number of nitrogens with zero attached hydrogens (tertiary/aromatic N) is 1. The highest BCUT2D eigenvalue weighted by Crippen LogP contribution is 2.38. The van der Waals surface area contributed by atoms with Crippen LogP contribution in [-0.4, -0.2) is 80.2 Å². The number of anilines is 1. The minimum atomic E-state index is -4.83. The fourth-order valence-electron chi connectivity index (χ4n) is 4.45. The Labute approximate surface area is 205 Å². The number of hydrogen-bond donors (Lipinski definition) is 4. The minimum Gasteiger partial charge on any atom is -0.391 e. The molecule has 5 atom stereocenters. The lowest BCUT2D eigenvalue weighted by molar-refractivity contribution is -0.258. The predicted molar refractivity (Wildman–Crippen MR) is 125 cm³/mol. The van der Waals surface area contributed by atoms with E-state index in [1.165, 1.54) is 30.3 Å². The number of rotatable bonds is 9. The fourth-order valence-corrected chi connectivity index (χ4v) is 6.57. The van der Waals surface area contributed by atoms with E-state index in [-0.39, 0.29) is 28.4 Å². The van der Waals surface area contributed by atoms with Crippen molar-refractivity contribution in [3.63, 3.8) is 0 Å². The zero-order valence-corrected chi connectivity index (χ0v) is 20.5. The van der Waals surface area contributed by atoms with Crippen molar-refractivity contribution < 1.29 is 36.5 Å². The summed E-state index contributed by atoms with van der Waals surface area (Å²) in [6.07, 6.45) is -4.82. The second-order valence-corrected chi connectivity index (χ2v) is 12.0. The second kappa shape index (κ2) is 9.96. The van der Waals surface area contributed by atoms with Crippen LogP contribution in [0.2, 0.25) is 0 Å². The van der Waals surface area contributed by atoms with Crippen molar-refractivity contribution in [1.29, 1.82) is 0 Å². The average molecular weight is 536 g/mol. The van der Waals surface area contributed by atoms with Gasteiger partial charge in [0.1, 0.15) is 4.21 Å². The first kappa shape index (κ1) is 26.3. The summed E-state index contributed by atoms with van der Waals surface area (Å²) in [6.45, 7) is 1.91. The van der Waals surface area contributed by atoms with Crippen LogP contribution in [0.4, 0.5) is 18.9 Å². The summed E-state index contributed by atoms with van der Waals surface area (Å²) in [7, 11) is -3.73. The number of sulfonamides is 1. The van der Waals surface area contributed by atoms with Gasteiger partial charge in [-0.05, 0) is 42.5 Å². The monoisotopic (exact) mass is 535 g/mol. The molecule has 0 amide bonds. The number of nitrogens with one attached hydrogen (secondary N) is 2. The van der Waals surface area contributed by atoms with E-state index in [4.69, 9.17) is 4.74 Å². The van der Waals surface area contributed by atoms with Crippen LogP contribution >= 0.6 is 11.3 Å². The van der Waals surface area contributed by atoms with Crippen LogP contribution in [0.3, 0.4) is 0 Å². The number of thiophene rings is 1. The van der Waals surface area contributed by atoms with Gasteiger partial charge < -0.3 is 20.3 Å². The van der Waals surface area contributed by atoms with E-state index in [1.54, 1.807) is 11.4 Å². The minimum absolute atomic E-state index is 0.00814. The predicted octanol–water partition coefficient (Wildman–Crippen LogP) is 2.11. The van der Waals surface area contributed by atoms with Crippen LogP contribution in [0, 0.1) is 0 Å². The van der Waals surface area contributed by atoms with Crippen molar-refractivity contribution in [1.82, 2.24) is 9.62 Å². The molecular formula is C22H28F3N3O5S2. The molecule has 0 saturated carbocycles. The van der Waals surface area contributed by atoms with Gasteiger partial charge in [-0.1, -0.05) is 18.2 Å². The van der Waals surface area contributed by atoms with Crippen molar-refractivity contribution in [2.24, 2.45) is 0 Å². The summed E-state index contributed by atoms with van der Waals surface area (Å²) in [6, 6.07) is 7.65. The van der Waals surface area contributed by atoms with Crippen molar-refractivity contribution in [3.8, 4) is 0 Å². The standard InChI is InChI=1S/C22H28F3N3O5S2/c1-21(30,22(23,24)25)14-4-6-15(7-5-14)27-16(10-26-35(31,32)20-3-2-8-34-20)11-28-17-9-19(29)18(28)13-33-12-17/h2-8,16-19,26-27,29-30H,9-13H2,1H3. The maximum atomic E-state index is 13.2. The van der Waals surface area contributed by atoms with Gasteiger partial charge in [-0.25, -0.2) is 13.1 Å². The largest absolute Gasteiger partial charge is 0.421 e. The third-order valence-electron chi connectivity index (χ3n) is 6.53. The van der Waals surface area contributed by atoms with Crippen LogP contribution in [0.25, 0.3) is 0 Å². The molecule has 2 bridgehead atoms. The number of ether oxygens (including phenoxy) is 1. The van der Waals surface area contributed by atoms with E-state index in [2.05, 4.69) is 14.9 Å². The van der Waals surface area contributed by atoms with Crippen molar-refractivity contribution >= 4 is 27.0 Å². The molecule has 2 aromatic rings. The maximum Gasteiger partial charge on any atom is 0.421 e. The zero-order valence-electron chi connectivity index (χ0n) is 18.9. The van der Waals surface area contributed by atoms with Gasteiger partial charge in [0.05, 0.1) is 31.4 Å². The Balaban J connectivity index is 1.51. The van der Waals surface area contributed by atoms with E-state index in [0.29, 0.717) is 38.8 Å². The normalized spacial score (nSPS) is 25.8. The molecule has 4 N–H and O–H groups in total. The first-order valence-electron chi connectivity index (χ1n) is 11.1. The first-order chi connectivity index (χ1) is 16.4. The van der Waals surface area contributed by atoms with Crippen LogP contribution in [0.15, 0.2) is 46.0 Å². The summed E-state index contributed by atoms with van der Waals surface area (Å²) < 4.78 is 73.1. The topological polar surface area (TPSA) is 111 Å². The summed E-state index contributed by atoms with van der Waals surface area (Å²) in [5.41, 5.74) is -2.84. The number of morpholine rings is 1. The van der Waals surface area contributed by atoms with Gasteiger partial charge in [0.25, 0.3) is 0 Å². The number of hydrogen-bond acceptors (Lipinski definition) is 8. The molecule has 0 aliphatic carbocycles. The van der Waals surface area contributed by atoms with Gasteiger partial charge >= 0.3 is 6.18 Å². The second-order valence-electron chi connectivity index (χ2n) is 9.03. The number of halogens is 3. The Morgan fingerprint density at radius 1 is 1.23 bits per heavy atom. The van der Waals surface area contributed by atoms with Crippen LogP contribution in [0.1, 0.15) is 18.9 Å². The van der Waals surface area contributed by atoms with E-state index in [1.807, 2.05) is 0 Å². The Hall–Kier alpha value is -1.74. The van der Waals surface area contributed by atoms with Gasteiger partial charge in [0.2, 0.25) is 10.0 Å². The molecule has 0 radical (unpaired) electrons. The van der Waals surface area contributed by atoms with Gasteiger partial charge in [-0.3, -0.25) is 4.90 Å². The molecule has 1 aromatic carbocycles. The molecule has 4 rings (SSSR count). The smallest absolute Gasteiger partial charge is 0.391 e. The quantitative estimate of drug-likeness (QED) is 0.389. The summed E-state index contributed by atoms with van der Waals surface area (Å²) >= 11 is 1.09. The molecule has 8 nitrogen and oxygen atoms in total. The van der Waals surface area contributed by atoms with E-state index < -0.39 is 33.9 Å². The molecule has 2 saturated heterocycles. The fraction of sp³-hybridized carbons (Fsp3) is 0.545. The van der Waals surface area contributed by atoms with Crippen LogP contribution in [0.5, 0.6) is 0 Å². The molecule has 13 heteroatoms. The molecule has 5 unspecified atom stereocenters. The lowest BCUT2D eigenvalue weighted by Gasteiger charge is -2.37. The molecule has 0 spiro atoms.